The fourth-order valence-electron chi connectivity index (χ4n) is 4.38. The van der Waals surface area contributed by atoms with E-state index in [9.17, 15) is 9.59 Å². The summed E-state index contributed by atoms with van der Waals surface area (Å²) in [6, 6.07) is 13.5. The molecule has 2 amide bonds. The number of anilines is 1. The van der Waals surface area contributed by atoms with Gasteiger partial charge in [-0.3, -0.25) is 9.69 Å². The van der Waals surface area contributed by atoms with Crippen molar-refractivity contribution in [3.8, 4) is 0 Å². The van der Waals surface area contributed by atoms with Crippen LogP contribution >= 0.6 is 0 Å². The minimum atomic E-state index is -0.236. The molecule has 0 unspecified atom stereocenters. The van der Waals surface area contributed by atoms with Gasteiger partial charge in [-0.2, -0.15) is 0 Å². The van der Waals surface area contributed by atoms with Crippen molar-refractivity contribution in [3.05, 3.63) is 59.4 Å². The molecule has 3 aromatic rings. The summed E-state index contributed by atoms with van der Waals surface area (Å²) in [4.78, 5) is 33.7. The number of benzene rings is 2. The van der Waals surface area contributed by atoms with E-state index in [0.717, 1.165) is 60.7 Å². The number of carbonyl (C=O) groups is 2. The number of ether oxygens (including phenoxy) is 1. The van der Waals surface area contributed by atoms with Gasteiger partial charge in [0.2, 0.25) is 0 Å². The Bertz CT molecular complexity index is 1160. The van der Waals surface area contributed by atoms with Gasteiger partial charge in [0.1, 0.15) is 5.82 Å². The van der Waals surface area contributed by atoms with E-state index in [-0.39, 0.29) is 12.0 Å². The summed E-state index contributed by atoms with van der Waals surface area (Å²) in [7, 11) is 0. The van der Waals surface area contributed by atoms with Crippen molar-refractivity contribution in [3.63, 3.8) is 0 Å². The van der Waals surface area contributed by atoms with E-state index >= 15 is 0 Å². The molecule has 2 heterocycles. The fraction of sp³-hybridized carbons (Fsp3) is 0.423. The van der Waals surface area contributed by atoms with E-state index in [1.807, 2.05) is 56.3 Å². The minimum Gasteiger partial charge on any atom is -0.450 e. The molecule has 1 aliphatic rings. The van der Waals surface area contributed by atoms with Crippen molar-refractivity contribution in [1.29, 1.82) is 0 Å². The molecule has 0 atom stereocenters. The molecule has 180 valence electrons. The van der Waals surface area contributed by atoms with Gasteiger partial charge in [0.15, 0.2) is 0 Å². The quantitative estimate of drug-likeness (QED) is 0.566. The molecule has 1 N–H and O–H groups in total. The summed E-state index contributed by atoms with van der Waals surface area (Å²) in [5.74, 6) is 0.883. The maximum Gasteiger partial charge on any atom is 0.409 e. The van der Waals surface area contributed by atoms with E-state index in [0.29, 0.717) is 25.3 Å². The summed E-state index contributed by atoms with van der Waals surface area (Å²) in [6.45, 7) is 10.8. The van der Waals surface area contributed by atoms with Gasteiger partial charge in [-0.05, 0) is 50.1 Å². The van der Waals surface area contributed by atoms with Gasteiger partial charge in [0.25, 0.3) is 5.91 Å². The van der Waals surface area contributed by atoms with E-state index in [1.165, 1.54) is 0 Å². The molecule has 2 aromatic carbocycles. The van der Waals surface area contributed by atoms with Crippen LogP contribution in [0.1, 0.15) is 42.0 Å². The van der Waals surface area contributed by atoms with Crippen LogP contribution in [0.4, 0.5) is 10.5 Å². The van der Waals surface area contributed by atoms with Crippen LogP contribution in [-0.4, -0.2) is 64.1 Å². The third-order valence-electron chi connectivity index (χ3n) is 6.19. The summed E-state index contributed by atoms with van der Waals surface area (Å²) in [5, 5.41) is 3.01. The molecule has 1 aromatic heterocycles. The maximum absolute atomic E-state index is 12.7. The molecule has 0 spiro atoms. The highest BCUT2D eigenvalue weighted by molar-refractivity contribution is 6.05. The van der Waals surface area contributed by atoms with E-state index in [4.69, 9.17) is 9.72 Å². The SMILES string of the molecule is CCCn1c(CN2CCN(C(=O)OCC)CC2)nc2cc(NC(=O)c3ccccc3C)ccc21. The number of amides is 2. The molecule has 34 heavy (non-hydrogen) atoms. The Hall–Kier alpha value is -3.39. The first-order chi connectivity index (χ1) is 16.5. The highest BCUT2D eigenvalue weighted by Crippen LogP contribution is 2.23. The zero-order valence-corrected chi connectivity index (χ0v) is 20.2. The van der Waals surface area contributed by atoms with Crippen molar-refractivity contribution in [2.75, 3.05) is 38.1 Å². The van der Waals surface area contributed by atoms with Crippen molar-refractivity contribution in [2.45, 2.75) is 40.3 Å². The van der Waals surface area contributed by atoms with E-state index in [1.54, 1.807) is 4.90 Å². The molecule has 0 saturated carbocycles. The third kappa shape index (κ3) is 5.22. The summed E-state index contributed by atoms with van der Waals surface area (Å²) >= 11 is 0. The molecule has 0 bridgehead atoms. The Labute approximate surface area is 200 Å². The van der Waals surface area contributed by atoms with E-state index in [2.05, 4.69) is 21.7 Å². The summed E-state index contributed by atoms with van der Waals surface area (Å²) < 4.78 is 7.39. The molecule has 1 saturated heterocycles. The predicted octanol–water partition coefficient (Wildman–Crippen LogP) is 4.28. The zero-order chi connectivity index (χ0) is 24.1. The van der Waals surface area contributed by atoms with Crippen molar-refractivity contribution >= 4 is 28.7 Å². The molecule has 8 nitrogen and oxygen atoms in total. The number of nitrogens with zero attached hydrogens (tertiary/aromatic N) is 4. The summed E-state index contributed by atoms with van der Waals surface area (Å²) in [5.41, 5.74) is 4.28. The minimum absolute atomic E-state index is 0.120. The second kappa shape index (κ2) is 10.7. The van der Waals surface area contributed by atoms with Gasteiger partial charge in [-0.25, -0.2) is 9.78 Å². The van der Waals surface area contributed by atoms with Crippen LogP contribution in [0.25, 0.3) is 11.0 Å². The lowest BCUT2D eigenvalue weighted by Crippen LogP contribution is -2.48. The largest absolute Gasteiger partial charge is 0.450 e. The fourth-order valence-corrected chi connectivity index (χ4v) is 4.38. The first-order valence-electron chi connectivity index (χ1n) is 12.0. The Morgan fingerprint density at radius 3 is 2.53 bits per heavy atom. The smallest absolute Gasteiger partial charge is 0.409 e. The molecular formula is C26H33N5O3. The van der Waals surface area contributed by atoms with Gasteiger partial charge in [-0.1, -0.05) is 25.1 Å². The Morgan fingerprint density at radius 2 is 1.82 bits per heavy atom. The van der Waals surface area contributed by atoms with Crippen LogP contribution in [0, 0.1) is 6.92 Å². The number of rotatable bonds is 7. The maximum atomic E-state index is 12.7. The monoisotopic (exact) mass is 463 g/mol. The van der Waals surface area contributed by atoms with Crippen LogP contribution in [0.5, 0.6) is 0 Å². The van der Waals surface area contributed by atoms with Crippen molar-refractivity contribution in [2.24, 2.45) is 0 Å². The number of aromatic nitrogens is 2. The standard InChI is InChI=1S/C26H33N5O3/c1-4-12-31-23-11-10-20(27-25(32)21-9-7-6-8-19(21)3)17-22(23)28-24(31)18-29-13-15-30(16-14-29)26(33)34-5-2/h6-11,17H,4-5,12-16,18H2,1-3H3,(H,27,32). The number of imidazole rings is 1. The number of piperazine rings is 1. The third-order valence-corrected chi connectivity index (χ3v) is 6.19. The van der Waals surface area contributed by atoms with Gasteiger partial charge >= 0.3 is 6.09 Å². The lowest BCUT2D eigenvalue weighted by atomic mass is 10.1. The van der Waals surface area contributed by atoms with Gasteiger partial charge < -0.3 is 19.5 Å². The Balaban J connectivity index is 1.49. The van der Waals surface area contributed by atoms with Crippen LogP contribution in [0.3, 0.4) is 0 Å². The molecule has 8 heteroatoms. The van der Waals surface area contributed by atoms with Crippen LogP contribution < -0.4 is 5.32 Å². The number of aryl methyl sites for hydroxylation is 2. The Morgan fingerprint density at radius 1 is 1.06 bits per heavy atom. The number of fused-ring (bicyclic) bond motifs is 1. The molecule has 4 rings (SSSR count). The number of nitrogens with one attached hydrogen (secondary N) is 1. The van der Waals surface area contributed by atoms with Crippen LogP contribution in [0.2, 0.25) is 0 Å². The van der Waals surface area contributed by atoms with E-state index < -0.39 is 0 Å². The predicted molar refractivity (Wildman–Crippen MR) is 133 cm³/mol. The first-order valence-corrected chi connectivity index (χ1v) is 12.0. The highest BCUT2D eigenvalue weighted by Gasteiger charge is 2.23. The average molecular weight is 464 g/mol. The highest BCUT2D eigenvalue weighted by atomic mass is 16.6. The van der Waals surface area contributed by atoms with Crippen molar-refractivity contribution in [1.82, 2.24) is 19.4 Å². The Kier molecular flexibility index (Phi) is 7.47. The molecule has 1 aliphatic heterocycles. The molecule has 1 fully saturated rings. The number of carbonyl (C=O) groups excluding carboxylic acids is 2. The normalized spacial score (nSPS) is 14.4. The molecule has 0 radical (unpaired) electrons. The number of hydrogen-bond acceptors (Lipinski definition) is 5. The second-order valence-corrected chi connectivity index (χ2v) is 8.61. The van der Waals surface area contributed by atoms with Gasteiger partial charge in [0, 0.05) is 44.0 Å². The molecule has 0 aliphatic carbocycles. The van der Waals surface area contributed by atoms with Gasteiger partial charge in [-0.15, -0.1) is 0 Å². The lowest BCUT2D eigenvalue weighted by molar-refractivity contribution is 0.0769. The second-order valence-electron chi connectivity index (χ2n) is 8.61. The number of hydrogen-bond donors (Lipinski definition) is 1. The van der Waals surface area contributed by atoms with Crippen LogP contribution in [0.15, 0.2) is 42.5 Å². The first kappa shape index (κ1) is 23.8. The van der Waals surface area contributed by atoms with Crippen LogP contribution in [-0.2, 0) is 17.8 Å². The zero-order valence-electron chi connectivity index (χ0n) is 20.2. The van der Waals surface area contributed by atoms with Gasteiger partial charge in [0.05, 0.1) is 24.2 Å². The topological polar surface area (TPSA) is 79.7 Å². The lowest BCUT2D eigenvalue weighted by Gasteiger charge is -2.33. The average Bonchev–Trinajstić information content (AvgIpc) is 3.16. The molecular weight excluding hydrogens is 430 g/mol. The summed E-state index contributed by atoms with van der Waals surface area (Å²) in [6.07, 6.45) is 0.765. The van der Waals surface area contributed by atoms with Crippen molar-refractivity contribution < 1.29 is 14.3 Å².